The molecule has 10 nitrogen and oxygen atoms in total. The number of anilines is 3. The topological polar surface area (TPSA) is 111 Å². The van der Waals surface area contributed by atoms with E-state index in [-0.39, 0.29) is 23.8 Å². The Kier molecular flexibility index (Phi) is 7.99. The molecule has 3 aromatic rings. The predicted molar refractivity (Wildman–Crippen MR) is 148 cm³/mol. The SMILES string of the molecule is CCn1c(=O)c(OCC(=O)NC)cc2cc(Nc3nc(N4CCC(OC5CCC5)CC4)ncc3Cl)ccc21. The normalized spacial score (nSPS) is 16.3. The Hall–Kier alpha value is -3.37. The monoisotopic (exact) mass is 540 g/mol. The Morgan fingerprint density at radius 2 is 1.92 bits per heavy atom. The molecule has 0 unspecified atom stereocenters. The van der Waals surface area contributed by atoms with Gasteiger partial charge in [0, 0.05) is 37.8 Å². The number of nitrogens with zero attached hydrogens (tertiary/aromatic N) is 4. The van der Waals surface area contributed by atoms with Gasteiger partial charge in [-0.05, 0) is 63.3 Å². The first-order valence-corrected chi connectivity index (χ1v) is 13.5. The van der Waals surface area contributed by atoms with E-state index >= 15 is 0 Å². The molecule has 38 heavy (non-hydrogen) atoms. The Balaban J connectivity index is 1.33. The zero-order valence-corrected chi connectivity index (χ0v) is 22.5. The molecular weight excluding hydrogens is 508 g/mol. The standard InChI is InChI=1S/C27H33ClN6O4/c1-3-34-22-8-7-18(13-17(22)14-23(26(34)36)37-16-24(35)29-2)31-25-21(28)15-30-27(32-25)33-11-9-20(10-12-33)38-19-5-4-6-19/h7-8,13-15,19-20H,3-6,9-12,16H2,1-2H3,(H,29,35)(H,30,31,32). The smallest absolute Gasteiger partial charge is 0.293 e. The molecule has 11 heteroatoms. The minimum atomic E-state index is -0.313. The van der Waals surface area contributed by atoms with Crippen molar-refractivity contribution in [1.82, 2.24) is 19.9 Å². The maximum Gasteiger partial charge on any atom is 0.293 e. The second-order valence-corrected chi connectivity index (χ2v) is 10.1. The summed E-state index contributed by atoms with van der Waals surface area (Å²) in [5, 5.41) is 6.97. The van der Waals surface area contributed by atoms with Crippen LogP contribution in [0.2, 0.25) is 5.02 Å². The number of carbonyl (C=O) groups excluding carboxylic acids is 1. The number of nitrogens with one attached hydrogen (secondary N) is 2. The van der Waals surface area contributed by atoms with Gasteiger partial charge >= 0.3 is 0 Å². The molecule has 1 saturated carbocycles. The number of piperidine rings is 1. The summed E-state index contributed by atoms with van der Waals surface area (Å²) in [7, 11) is 1.52. The van der Waals surface area contributed by atoms with Gasteiger partial charge in [-0.2, -0.15) is 4.98 Å². The molecule has 1 aliphatic heterocycles. The number of rotatable bonds is 9. The Morgan fingerprint density at radius 3 is 2.61 bits per heavy atom. The number of aryl methyl sites for hydroxylation is 1. The molecule has 1 aromatic carbocycles. The third kappa shape index (κ3) is 5.71. The molecule has 2 fully saturated rings. The molecule has 1 amide bonds. The van der Waals surface area contributed by atoms with Crippen LogP contribution in [0.1, 0.15) is 39.0 Å². The summed E-state index contributed by atoms with van der Waals surface area (Å²) in [5.74, 6) is 0.938. The first kappa shape index (κ1) is 26.2. The fraction of sp³-hybridized carbons (Fsp3) is 0.481. The van der Waals surface area contributed by atoms with E-state index in [1.807, 2.05) is 25.1 Å². The number of benzene rings is 1. The first-order chi connectivity index (χ1) is 18.4. The summed E-state index contributed by atoms with van der Waals surface area (Å²) in [6.45, 7) is 3.79. The maximum atomic E-state index is 12.9. The molecule has 2 aliphatic rings. The minimum absolute atomic E-state index is 0.118. The highest BCUT2D eigenvalue weighted by Crippen LogP contribution is 2.30. The fourth-order valence-corrected chi connectivity index (χ4v) is 4.92. The van der Waals surface area contributed by atoms with Crippen LogP contribution in [0, 0.1) is 0 Å². The van der Waals surface area contributed by atoms with E-state index in [0.717, 1.165) is 42.5 Å². The number of fused-ring (bicyclic) bond motifs is 1. The van der Waals surface area contributed by atoms with Crippen molar-refractivity contribution in [1.29, 1.82) is 0 Å². The zero-order chi connectivity index (χ0) is 26.6. The summed E-state index contributed by atoms with van der Waals surface area (Å²) in [5.41, 5.74) is 1.22. The number of likely N-dealkylation sites (N-methyl/N-ethyl adjacent to an activating group) is 1. The Bertz CT molecular complexity index is 1370. The lowest BCUT2D eigenvalue weighted by Crippen LogP contribution is -2.40. The van der Waals surface area contributed by atoms with Crippen molar-refractivity contribution in [3.63, 3.8) is 0 Å². The average Bonchev–Trinajstić information content (AvgIpc) is 2.91. The van der Waals surface area contributed by atoms with E-state index in [2.05, 4.69) is 20.5 Å². The minimum Gasteiger partial charge on any atom is -0.478 e. The molecule has 0 spiro atoms. The summed E-state index contributed by atoms with van der Waals surface area (Å²) in [6.07, 6.45) is 7.94. The second-order valence-electron chi connectivity index (χ2n) is 9.66. The van der Waals surface area contributed by atoms with Gasteiger partial charge in [-0.15, -0.1) is 0 Å². The number of hydrogen-bond donors (Lipinski definition) is 2. The van der Waals surface area contributed by atoms with Crippen LogP contribution in [0.4, 0.5) is 17.5 Å². The average molecular weight is 541 g/mol. The van der Waals surface area contributed by atoms with Gasteiger partial charge in [-0.1, -0.05) is 11.6 Å². The van der Waals surface area contributed by atoms with Crippen molar-refractivity contribution in [3.8, 4) is 5.75 Å². The van der Waals surface area contributed by atoms with Crippen LogP contribution in [0.25, 0.3) is 10.9 Å². The number of amides is 1. The van der Waals surface area contributed by atoms with Crippen molar-refractivity contribution in [2.24, 2.45) is 0 Å². The van der Waals surface area contributed by atoms with Crippen molar-refractivity contribution in [2.45, 2.75) is 57.8 Å². The molecule has 202 valence electrons. The van der Waals surface area contributed by atoms with Gasteiger partial charge in [0.05, 0.1) is 23.9 Å². The van der Waals surface area contributed by atoms with Gasteiger partial charge < -0.3 is 29.6 Å². The maximum absolute atomic E-state index is 12.9. The third-order valence-corrected chi connectivity index (χ3v) is 7.45. The lowest BCUT2D eigenvalue weighted by molar-refractivity contribution is -0.122. The number of ether oxygens (including phenoxy) is 2. The van der Waals surface area contributed by atoms with E-state index < -0.39 is 0 Å². The quantitative estimate of drug-likeness (QED) is 0.421. The van der Waals surface area contributed by atoms with Gasteiger partial charge in [0.2, 0.25) is 5.95 Å². The Morgan fingerprint density at radius 1 is 1.16 bits per heavy atom. The van der Waals surface area contributed by atoms with Crippen LogP contribution in [0.3, 0.4) is 0 Å². The van der Waals surface area contributed by atoms with Crippen LogP contribution < -0.4 is 25.8 Å². The van der Waals surface area contributed by atoms with Crippen LogP contribution >= 0.6 is 11.6 Å². The van der Waals surface area contributed by atoms with Crippen molar-refractivity contribution in [3.05, 3.63) is 45.8 Å². The van der Waals surface area contributed by atoms with Crippen molar-refractivity contribution in [2.75, 3.05) is 37.0 Å². The predicted octanol–water partition coefficient (Wildman–Crippen LogP) is 3.87. The van der Waals surface area contributed by atoms with E-state index in [0.29, 0.717) is 35.5 Å². The fourth-order valence-electron chi connectivity index (χ4n) is 4.78. The van der Waals surface area contributed by atoms with Gasteiger partial charge in [0.1, 0.15) is 5.02 Å². The molecule has 1 saturated heterocycles. The second kappa shape index (κ2) is 11.6. The van der Waals surface area contributed by atoms with E-state index in [4.69, 9.17) is 26.1 Å². The van der Waals surface area contributed by atoms with Gasteiger partial charge in [-0.3, -0.25) is 9.59 Å². The summed E-state index contributed by atoms with van der Waals surface area (Å²) in [4.78, 5) is 35.8. The highest BCUT2D eigenvalue weighted by molar-refractivity contribution is 6.32. The van der Waals surface area contributed by atoms with Crippen LogP contribution in [-0.4, -0.2) is 59.4 Å². The van der Waals surface area contributed by atoms with Gasteiger partial charge in [-0.25, -0.2) is 4.98 Å². The molecule has 2 N–H and O–H groups in total. The lowest BCUT2D eigenvalue weighted by atomic mass is 9.95. The molecule has 1 aliphatic carbocycles. The third-order valence-electron chi connectivity index (χ3n) is 7.17. The van der Waals surface area contributed by atoms with Crippen LogP contribution in [0.5, 0.6) is 5.75 Å². The van der Waals surface area contributed by atoms with Crippen molar-refractivity contribution < 1.29 is 14.3 Å². The molecule has 0 bridgehead atoms. The molecule has 3 heterocycles. The highest BCUT2D eigenvalue weighted by Gasteiger charge is 2.27. The van der Waals surface area contributed by atoms with Gasteiger partial charge in [0.25, 0.3) is 11.5 Å². The molecule has 0 atom stereocenters. The van der Waals surface area contributed by atoms with E-state index in [1.165, 1.54) is 26.3 Å². The summed E-state index contributed by atoms with van der Waals surface area (Å²) in [6, 6.07) is 7.30. The van der Waals surface area contributed by atoms with Crippen LogP contribution in [-0.2, 0) is 16.1 Å². The number of pyridine rings is 1. The van der Waals surface area contributed by atoms with E-state index in [9.17, 15) is 9.59 Å². The molecular formula is C27H33ClN6O4. The number of aromatic nitrogens is 3. The number of halogens is 1. The largest absolute Gasteiger partial charge is 0.478 e. The number of carbonyl (C=O) groups is 1. The molecule has 2 aromatic heterocycles. The summed E-state index contributed by atoms with van der Waals surface area (Å²) < 4.78 is 13.3. The lowest BCUT2D eigenvalue weighted by Gasteiger charge is -2.36. The first-order valence-electron chi connectivity index (χ1n) is 13.2. The van der Waals surface area contributed by atoms with Crippen LogP contribution in [0.15, 0.2) is 35.3 Å². The highest BCUT2D eigenvalue weighted by atomic mass is 35.5. The number of hydrogen-bond acceptors (Lipinski definition) is 8. The molecule has 5 rings (SSSR count). The molecule has 0 radical (unpaired) electrons. The summed E-state index contributed by atoms with van der Waals surface area (Å²) >= 11 is 6.46. The Labute approximate surface area is 226 Å². The van der Waals surface area contributed by atoms with Gasteiger partial charge in [0.15, 0.2) is 18.2 Å². The van der Waals surface area contributed by atoms with Crippen molar-refractivity contribution >= 4 is 45.9 Å². The zero-order valence-electron chi connectivity index (χ0n) is 21.7. The van der Waals surface area contributed by atoms with E-state index in [1.54, 1.807) is 16.8 Å².